The van der Waals surface area contributed by atoms with Gasteiger partial charge in [-0.2, -0.15) is 0 Å². The summed E-state index contributed by atoms with van der Waals surface area (Å²) in [5, 5.41) is 11.5. The maximum atomic E-state index is 12.4. The van der Waals surface area contributed by atoms with Crippen molar-refractivity contribution in [1.82, 2.24) is 20.0 Å². The second-order valence-electron chi connectivity index (χ2n) is 6.66. The van der Waals surface area contributed by atoms with E-state index in [1.165, 1.54) is 0 Å². The van der Waals surface area contributed by atoms with E-state index in [1.54, 1.807) is 6.07 Å². The molecule has 0 aliphatic carbocycles. The Morgan fingerprint density at radius 1 is 1.21 bits per heavy atom. The molecule has 132 valence electrons. The van der Waals surface area contributed by atoms with E-state index >= 15 is 0 Å². The van der Waals surface area contributed by atoms with Crippen molar-refractivity contribution in [2.45, 2.75) is 19.8 Å². The smallest absolute Gasteiger partial charge is 0.274 e. The number of hydrogen-bond acceptors (Lipinski definition) is 6. The quantitative estimate of drug-likeness (QED) is 0.870. The second-order valence-corrected chi connectivity index (χ2v) is 6.66. The monoisotopic (exact) mass is 333 g/mol. The first-order valence-electron chi connectivity index (χ1n) is 8.89. The number of carbonyl (C=O) groups is 1. The zero-order valence-corrected chi connectivity index (χ0v) is 14.4. The SMILES string of the molecule is CC1CCN(C(=O)c2ccc(NCCN3CCOCC3)nn2)CC1. The number of amides is 1. The van der Waals surface area contributed by atoms with Crippen LogP contribution in [0.25, 0.3) is 0 Å². The summed E-state index contributed by atoms with van der Waals surface area (Å²) < 4.78 is 5.34. The predicted octanol–water partition coefficient (Wildman–Crippen LogP) is 1.09. The van der Waals surface area contributed by atoms with Crippen LogP contribution in [0.1, 0.15) is 30.3 Å². The molecule has 0 radical (unpaired) electrons. The molecule has 7 heteroatoms. The Kier molecular flexibility index (Phi) is 5.98. The van der Waals surface area contributed by atoms with E-state index in [-0.39, 0.29) is 5.91 Å². The molecule has 7 nitrogen and oxygen atoms in total. The summed E-state index contributed by atoms with van der Waals surface area (Å²) in [5.41, 5.74) is 0.434. The average Bonchev–Trinajstić information content (AvgIpc) is 2.63. The van der Waals surface area contributed by atoms with Crippen molar-refractivity contribution in [1.29, 1.82) is 0 Å². The minimum atomic E-state index is -0.00531. The number of morpholine rings is 1. The van der Waals surface area contributed by atoms with Crippen LogP contribution >= 0.6 is 0 Å². The molecule has 2 aliphatic heterocycles. The number of nitrogens with one attached hydrogen (secondary N) is 1. The molecular formula is C17H27N5O2. The first-order valence-corrected chi connectivity index (χ1v) is 8.89. The lowest BCUT2D eigenvalue weighted by Gasteiger charge is -2.29. The summed E-state index contributed by atoms with van der Waals surface area (Å²) >= 11 is 0. The lowest BCUT2D eigenvalue weighted by Crippen LogP contribution is -2.39. The second kappa shape index (κ2) is 8.39. The van der Waals surface area contributed by atoms with Crippen molar-refractivity contribution in [3.05, 3.63) is 17.8 Å². The fraction of sp³-hybridized carbons (Fsp3) is 0.706. The van der Waals surface area contributed by atoms with Gasteiger partial charge in [0.25, 0.3) is 5.91 Å². The number of ether oxygens (including phenoxy) is 1. The van der Waals surface area contributed by atoms with Crippen LogP contribution in [0.3, 0.4) is 0 Å². The number of anilines is 1. The summed E-state index contributed by atoms with van der Waals surface area (Å²) in [6, 6.07) is 3.61. The molecule has 2 fully saturated rings. The molecule has 0 unspecified atom stereocenters. The molecule has 0 saturated carbocycles. The van der Waals surface area contributed by atoms with Crippen LogP contribution in [-0.4, -0.2) is 78.4 Å². The molecule has 3 rings (SSSR count). The maximum Gasteiger partial charge on any atom is 0.274 e. The van der Waals surface area contributed by atoms with Gasteiger partial charge in [-0.1, -0.05) is 6.92 Å². The number of likely N-dealkylation sites (tertiary alicyclic amines) is 1. The van der Waals surface area contributed by atoms with Gasteiger partial charge in [0, 0.05) is 39.3 Å². The van der Waals surface area contributed by atoms with E-state index in [9.17, 15) is 4.79 Å². The number of aromatic nitrogens is 2. The van der Waals surface area contributed by atoms with Gasteiger partial charge in [0.15, 0.2) is 5.69 Å². The molecule has 0 bridgehead atoms. The van der Waals surface area contributed by atoms with Crippen LogP contribution in [0.5, 0.6) is 0 Å². The number of nitrogens with zero attached hydrogens (tertiary/aromatic N) is 4. The fourth-order valence-electron chi connectivity index (χ4n) is 3.08. The first-order chi connectivity index (χ1) is 11.7. The Morgan fingerprint density at radius 3 is 2.62 bits per heavy atom. The van der Waals surface area contributed by atoms with Gasteiger partial charge in [-0.25, -0.2) is 0 Å². The third-order valence-electron chi connectivity index (χ3n) is 4.79. The van der Waals surface area contributed by atoms with Crippen LogP contribution < -0.4 is 5.32 Å². The van der Waals surface area contributed by atoms with Gasteiger partial charge in [-0.15, -0.1) is 10.2 Å². The summed E-state index contributed by atoms with van der Waals surface area (Å²) in [7, 11) is 0. The number of carbonyl (C=O) groups excluding carboxylic acids is 1. The van der Waals surface area contributed by atoms with Gasteiger partial charge in [0.1, 0.15) is 5.82 Å². The van der Waals surface area contributed by atoms with Gasteiger partial charge >= 0.3 is 0 Å². The highest BCUT2D eigenvalue weighted by molar-refractivity contribution is 5.92. The Hall–Kier alpha value is -1.73. The summed E-state index contributed by atoms with van der Waals surface area (Å²) in [5.74, 6) is 1.42. The number of piperidine rings is 1. The van der Waals surface area contributed by atoms with Gasteiger partial charge in [-0.3, -0.25) is 9.69 Å². The molecule has 3 heterocycles. The molecule has 24 heavy (non-hydrogen) atoms. The van der Waals surface area contributed by atoms with Gasteiger partial charge in [0.2, 0.25) is 0 Å². The minimum absolute atomic E-state index is 0.00531. The molecule has 1 N–H and O–H groups in total. The maximum absolute atomic E-state index is 12.4. The van der Waals surface area contributed by atoms with Crippen molar-refractivity contribution < 1.29 is 9.53 Å². The van der Waals surface area contributed by atoms with Crippen LogP contribution in [0, 0.1) is 5.92 Å². The Morgan fingerprint density at radius 2 is 1.96 bits per heavy atom. The van der Waals surface area contributed by atoms with Crippen molar-refractivity contribution >= 4 is 11.7 Å². The van der Waals surface area contributed by atoms with E-state index in [0.717, 1.165) is 65.3 Å². The van der Waals surface area contributed by atoms with Crippen molar-refractivity contribution in [3.8, 4) is 0 Å². The van der Waals surface area contributed by atoms with E-state index in [2.05, 4.69) is 27.3 Å². The summed E-state index contributed by atoms with van der Waals surface area (Å²) in [6.07, 6.45) is 2.14. The molecule has 1 aromatic heterocycles. The van der Waals surface area contributed by atoms with Crippen molar-refractivity contribution in [2.75, 3.05) is 57.8 Å². The summed E-state index contributed by atoms with van der Waals surface area (Å²) in [6.45, 7) is 9.23. The molecule has 2 saturated heterocycles. The Labute approximate surface area is 143 Å². The first kappa shape index (κ1) is 17.1. The van der Waals surface area contributed by atoms with E-state index in [1.807, 2.05) is 11.0 Å². The molecule has 2 aliphatic rings. The molecular weight excluding hydrogens is 306 g/mol. The third kappa shape index (κ3) is 4.64. The lowest BCUT2D eigenvalue weighted by molar-refractivity contribution is 0.0398. The van der Waals surface area contributed by atoms with Gasteiger partial charge < -0.3 is 15.0 Å². The molecule has 0 aromatic carbocycles. The normalized spacial score (nSPS) is 20.1. The van der Waals surface area contributed by atoms with Gasteiger partial charge in [0.05, 0.1) is 13.2 Å². The molecule has 1 aromatic rings. The van der Waals surface area contributed by atoms with Crippen LogP contribution in [0.15, 0.2) is 12.1 Å². The Balaban J connectivity index is 1.45. The van der Waals surface area contributed by atoms with Crippen LogP contribution in [0.4, 0.5) is 5.82 Å². The van der Waals surface area contributed by atoms with Crippen molar-refractivity contribution in [3.63, 3.8) is 0 Å². The van der Waals surface area contributed by atoms with Crippen LogP contribution in [-0.2, 0) is 4.74 Å². The zero-order chi connectivity index (χ0) is 16.8. The van der Waals surface area contributed by atoms with Crippen molar-refractivity contribution in [2.24, 2.45) is 5.92 Å². The van der Waals surface area contributed by atoms with E-state index in [0.29, 0.717) is 17.4 Å². The topological polar surface area (TPSA) is 70.6 Å². The van der Waals surface area contributed by atoms with E-state index < -0.39 is 0 Å². The highest BCUT2D eigenvalue weighted by Crippen LogP contribution is 2.17. The highest BCUT2D eigenvalue weighted by Gasteiger charge is 2.22. The zero-order valence-electron chi connectivity index (χ0n) is 14.4. The average molecular weight is 333 g/mol. The van der Waals surface area contributed by atoms with Crippen LogP contribution in [0.2, 0.25) is 0 Å². The standard InChI is InChI=1S/C17H27N5O2/c1-14-4-7-22(8-5-14)17(23)15-2-3-16(20-19-15)18-6-9-21-10-12-24-13-11-21/h2-3,14H,4-13H2,1H3,(H,18,20). The molecule has 0 spiro atoms. The Bertz CT molecular complexity index is 522. The summed E-state index contributed by atoms with van der Waals surface area (Å²) in [4.78, 5) is 16.7. The van der Waals surface area contributed by atoms with Gasteiger partial charge in [-0.05, 0) is 30.9 Å². The largest absolute Gasteiger partial charge is 0.379 e. The molecule has 1 amide bonds. The van der Waals surface area contributed by atoms with E-state index in [4.69, 9.17) is 4.74 Å². The molecule has 0 atom stereocenters. The third-order valence-corrected chi connectivity index (χ3v) is 4.79. The minimum Gasteiger partial charge on any atom is -0.379 e. The lowest BCUT2D eigenvalue weighted by atomic mass is 9.99. The fourth-order valence-corrected chi connectivity index (χ4v) is 3.08. The number of hydrogen-bond donors (Lipinski definition) is 1. The predicted molar refractivity (Wildman–Crippen MR) is 92.1 cm³/mol. The highest BCUT2D eigenvalue weighted by atomic mass is 16.5. The number of rotatable bonds is 5.